The molecule has 1 aliphatic carbocycles. The topological polar surface area (TPSA) is 111 Å². The Labute approximate surface area is 231 Å². The molecular formula is C31H42N4O4. The first kappa shape index (κ1) is 28.6. The number of aromatic nitrogens is 1. The summed E-state index contributed by atoms with van der Waals surface area (Å²) < 4.78 is 0. The van der Waals surface area contributed by atoms with Crippen molar-refractivity contribution in [1.29, 1.82) is 0 Å². The van der Waals surface area contributed by atoms with Crippen LogP contribution in [0.4, 0.5) is 0 Å². The number of amides is 3. The number of nitrogens with one attached hydrogen (secondary N) is 3. The largest absolute Gasteiger partial charge is 0.351 e. The molecule has 2 fully saturated rings. The molecule has 3 amide bonds. The third-order valence-electron chi connectivity index (χ3n) is 8.70. The lowest BCUT2D eigenvalue weighted by Gasteiger charge is -2.37. The van der Waals surface area contributed by atoms with E-state index in [0.29, 0.717) is 12.2 Å². The van der Waals surface area contributed by atoms with Crippen LogP contribution in [-0.2, 0) is 14.4 Å². The Morgan fingerprint density at radius 2 is 1.82 bits per heavy atom. The van der Waals surface area contributed by atoms with Gasteiger partial charge in [0.25, 0.3) is 5.91 Å². The van der Waals surface area contributed by atoms with Crippen LogP contribution in [0.15, 0.2) is 36.9 Å². The van der Waals surface area contributed by atoms with Crippen molar-refractivity contribution in [3.63, 3.8) is 0 Å². The molecule has 0 radical (unpaired) electrons. The number of carbonyl (C=O) groups is 4. The number of aryl methyl sites for hydroxylation is 1. The number of carbonyl (C=O) groups excluding carboxylic acids is 4. The van der Waals surface area contributed by atoms with E-state index in [1.54, 1.807) is 4.90 Å². The number of H-pyrrole nitrogens is 1. The van der Waals surface area contributed by atoms with E-state index in [0.717, 1.165) is 29.3 Å². The van der Waals surface area contributed by atoms with Crippen LogP contribution in [0.2, 0.25) is 0 Å². The quantitative estimate of drug-likeness (QED) is 0.442. The molecule has 1 saturated carbocycles. The zero-order valence-electron chi connectivity index (χ0n) is 24.2. The van der Waals surface area contributed by atoms with Gasteiger partial charge in [-0.15, -0.1) is 0 Å². The monoisotopic (exact) mass is 534 g/mol. The standard InChI is InChI=1S/C31H42N4O4/c1-9-23(36)25(30(4,5)6)34-28(38)26-31(7,8)18(3)16-35(26)29(39)24(19-13-14-19)33-27(37)22-15-20-17(2)11-10-12-21(20)32-22/h9-12,15,18-19,24-26,32H,1,13-14,16H2,2-8H3,(H,33,37)(H,34,38)/t18-,24?,25?,26-/m1/s1. The van der Waals surface area contributed by atoms with Gasteiger partial charge in [-0.1, -0.05) is 60.3 Å². The van der Waals surface area contributed by atoms with E-state index in [4.69, 9.17) is 0 Å². The molecule has 39 heavy (non-hydrogen) atoms. The highest BCUT2D eigenvalue weighted by atomic mass is 16.2. The summed E-state index contributed by atoms with van der Waals surface area (Å²) in [6.45, 7) is 17.6. The molecule has 4 rings (SSSR count). The van der Waals surface area contributed by atoms with E-state index in [1.165, 1.54) is 6.08 Å². The molecule has 0 spiro atoms. The molecule has 8 heteroatoms. The SMILES string of the molecule is C=CC(=O)C(NC(=O)[C@H]1N(C(=O)C(NC(=O)c2cc3c(C)cccc3[nH]2)C2CC2)C[C@@H](C)C1(C)C)C(C)(C)C. The van der Waals surface area contributed by atoms with Crippen LogP contribution >= 0.6 is 0 Å². The summed E-state index contributed by atoms with van der Waals surface area (Å²) in [4.78, 5) is 58.6. The maximum atomic E-state index is 14.1. The van der Waals surface area contributed by atoms with Crippen molar-refractivity contribution in [3.8, 4) is 0 Å². The minimum absolute atomic E-state index is 0.0277. The van der Waals surface area contributed by atoms with Crippen LogP contribution in [-0.4, -0.2) is 58.1 Å². The lowest BCUT2D eigenvalue weighted by atomic mass is 9.76. The van der Waals surface area contributed by atoms with Crippen LogP contribution in [0.5, 0.6) is 0 Å². The average Bonchev–Trinajstić information content (AvgIpc) is 3.54. The Morgan fingerprint density at radius 3 is 2.38 bits per heavy atom. The van der Waals surface area contributed by atoms with Crippen molar-refractivity contribution >= 4 is 34.4 Å². The van der Waals surface area contributed by atoms with Crippen LogP contribution in [0, 0.1) is 29.6 Å². The second kappa shape index (κ2) is 10.3. The summed E-state index contributed by atoms with van der Waals surface area (Å²) in [7, 11) is 0. The van der Waals surface area contributed by atoms with Gasteiger partial charge in [0, 0.05) is 17.4 Å². The third kappa shape index (κ3) is 5.52. The summed E-state index contributed by atoms with van der Waals surface area (Å²) in [5.41, 5.74) is 1.25. The number of likely N-dealkylation sites (tertiary alicyclic amines) is 1. The van der Waals surface area contributed by atoms with E-state index in [2.05, 4.69) is 22.2 Å². The Hall–Kier alpha value is -3.42. The fourth-order valence-corrected chi connectivity index (χ4v) is 5.69. The molecule has 1 aromatic carbocycles. The van der Waals surface area contributed by atoms with Gasteiger partial charge >= 0.3 is 0 Å². The predicted octanol–water partition coefficient (Wildman–Crippen LogP) is 4.14. The van der Waals surface area contributed by atoms with Crippen LogP contribution in [0.1, 0.15) is 70.4 Å². The van der Waals surface area contributed by atoms with Gasteiger partial charge in [0.15, 0.2) is 5.78 Å². The lowest BCUT2D eigenvalue weighted by Crippen LogP contribution is -2.60. The van der Waals surface area contributed by atoms with Gasteiger partial charge in [0.1, 0.15) is 17.8 Å². The second-order valence-corrected chi connectivity index (χ2v) is 13.0. The van der Waals surface area contributed by atoms with Gasteiger partial charge in [-0.05, 0) is 66.2 Å². The number of rotatable bonds is 8. The second-order valence-electron chi connectivity index (χ2n) is 13.0. The number of nitrogens with zero attached hydrogens (tertiary/aromatic N) is 1. The van der Waals surface area contributed by atoms with Gasteiger partial charge < -0.3 is 20.5 Å². The van der Waals surface area contributed by atoms with Crippen molar-refractivity contribution in [2.45, 2.75) is 79.4 Å². The number of aromatic amines is 1. The van der Waals surface area contributed by atoms with Crippen LogP contribution < -0.4 is 10.6 Å². The zero-order chi connectivity index (χ0) is 28.9. The number of hydrogen-bond acceptors (Lipinski definition) is 4. The minimum Gasteiger partial charge on any atom is -0.351 e. The highest BCUT2D eigenvalue weighted by Gasteiger charge is 2.54. The smallest absolute Gasteiger partial charge is 0.268 e. The van der Waals surface area contributed by atoms with Crippen LogP contribution in [0.25, 0.3) is 10.9 Å². The summed E-state index contributed by atoms with van der Waals surface area (Å²) in [6, 6.07) is 5.38. The van der Waals surface area contributed by atoms with E-state index >= 15 is 0 Å². The van der Waals surface area contributed by atoms with E-state index in [1.807, 2.05) is 72.7 Å². The van der Waals surface area contributed by atoms with E-state index < -0.39 is 29.0 Å². The highest BCUT2D eigenvalue weighted by molar-refractivity contribution is 6.02. The highest BCUT2D eigenvalue weighted by Crippen LogP contribution is 2.43. The molecule has 3 N–H and O–H groups in total. The first-order valence-electron chi connectivity index (χ1n) is 13.8. The van der Waals surface area contributed by atoms with Gasteiger partial charge in [-0.2, -0.15) is 0 Å². The molecule has 2 aromatic rings. The molecule has 1 aliphatic heterocycles. The summed E-state index contributed by atoms with van der Waals surface area (Å²) in [5, 5.41) is 6.89. The Morgan fingerprint density at radius 1 is 1.15 bits per heavy atom. The summed E-state index contributed by atoms with van der Waals surface area (Å²) in [6.07, 6.45) is 2.91. The Bertz CT molecular complexity index is 1310. The number of hydrogen-bond donors (Lipinski definition) is 3. The van der Waals surface area contributed by atoms with Crippen molar-refractivity contribution in [2.24, 2.45) is 22.7 Å². The normalized spacial score (nSPS) is 22.3. The lowest BCUT2D eigenvalue weighted by molar-refractivity contribution is -0.143. The molecule has 1 aromatic heterocycles. The molecule has 2 unspecified atom stereocenters. The molecule has 0 bridgehead atoms. The number of ketones is 1. The molecule has 210 valence electrons. The van der Waals surface area contributed by atoms with Crippen molar-refractivity contribution in [2.75, 3.05) is 6.54 Å². The first-order valence-corrected chi connectivity index (χ1v) is 13.8. The fourth-order valence-electron chi connectivity index (χ4n) is 5.69. The number of fused-ring (bicyclic) bond motifs is 1. The predicted molar refractivity (Wildman–Crippen MR) is 152 cm³/mol. The fraction of sp³-hybridized carbons (Fsp3) is 0.548. The molecule has 2 aliphatic rings. The van der Waals surface area contributed by atoms with Crippen molar-refractivity contribution in [1.82, 2.24) is 20.5 Å². The van der Waals surface area contributed by atoms with Gasteiger partial charge in [0.2, 0.25) is 11.8 Å². The Kier molecular flexibility index (Phi) is 7.54. The van der Waals surface area contributed by atoms with Gasteiger partial charge in [-0.25, -0.2) is 0 Å². The van der Waals surface area contributed by atoms with Gasteiger partial charge in [0.05, 0.1) is 6.04 Å². The molecule has 4 atom stereocenters. The van der Waals surface area contributed by atoms with Crippen LogP contribution in [0.3, 0.4) is 0 Å². The Balaban J connectivity index is 1.59. The third-order valence-corrected chi connectivity index (χ3v) is 8.70. The van der Waals surface area contributed by atoms with Crippen molar-refractivity contribution in [3.05, 3.63) is 48.2 Å². The van der Waals surface area contributed by atoms with Gasteiger partial charge in [-0.3, -0.25) is 19.2 Å². The number of benzene rings is 1. The summed E-state index contributed by atoms with van der Waals surface area (Å²) >= 11 is 0. The maximum Gasteiger partial charge on any atom is 0.268 e. The maximum absolute atomic E-state index is 14.1. The van der Waals surface area contributed by atoms with E-state index in [9.17, 15) is 19.2 Å². The zero-order valence-corrected chi connectivity index (χ0v) is 24.2. The van der Waals surface area contributed by atoms with E-state index in [-0.39, 0.29) is 35.3 Å². The molecule has 2 heterocycles. The molecular weight excluding hydrogens is 492 g/mol. The first-order chi connectivity index (χ1) is 18.2. The summed E-state index contributed by atoms with van der Waals surface area (Å²) in [5.74, 6) is -1.16. The average molecular weight is 535 g/mol. The molecule has 1 saturated heterocycles. The van der Waals surface area contributed by atoms with Crippen molar-refractivity contribution < 1.29 is 19.2 Å². The minimum atomic E-state index is -0.781. The molecule has 8 nitrogen and oxygen atoms in total.